The molecule has 0 radical (unpaired) electrons. The number of nitrogens with one attached hydrogen (secondary N) is 1. The van der Waals surface area contributed by atoms with E-state index in [0.29, 0.717) is 25.2 Å². The van der Waals surface area contributed by atoms with Gasteiger partial charge in [-0.2, -0.15) is 16.1 Å². The van der Waals surface area contributed by atoms with E-state index in [9.17, 15) is 13.2 Å². The molecule has 5 nitrogen and oxygen atoms in total. The molecule has 0 aliphatic rings. The molecule has 1 N–H and O–H groups in total. The highest BCUT2D eigenvalue weighted by atomic mass is 32.2. The van der Waals surface area contributed by atoms with Crippen LogP contribution in [0.3, 0.4) is 0 Å². The van der Waals surface area contributed by atoms with Gasteiger partial charge in [0.1, 0.15) is 0 Å². The first-order chi connectivity index (χ1) is 12.5. The zero-order valence-electron chi connectivity index (χ0n) is 15.0. The fourth-order valence-corrected chi connectivity index (χ4v) is 5.55. The van der Waals surface area contributed by atoms with Crippen LogP contribution >= 0.6 is 23.1 Å². The summed E-state index contributed by atoms with van der Waals surface area (Å²) in [7, 11) is -3.49. The summed E-state index contributed by atoms with van der Waals surface area (Å²) < 4.78 is 26.3. The van der Waals surface area contributed by atoms with Gasteiger partial charge in [-0.25, -0.2) is 8.42 Å². The van der Waals surface area contributed by atoms with Gasteiger partial charge < -0.3 is 5.32 Å². The Labute approximate surface area is 163 Å². The number of nitrogens with zero attached hydrogens (tertiary/aromatic N) is 1. The highest BCUT2D eigenvalue weighted by molar-refractivity contribution is 7.98. The van der Waals surface area contributed by atoms with E-state index in [1.165, 1.54) is 21.3 Å². The minimum Gasteiger partial charge on any atom is -0.351 e. The lowest BCUT2D eigenvalue weighted by atomic mass is 10.2. The maximum atomic E-state index is 12.4. The normalized spacial score (nSPS) is 11.7. The van der Waals surface area contributed by atoms with Crippen LogP contribution in [-0.4, -0.2) is 44.0 Å². The van der Waals surface area contributed by atoms with Crippen LogP contribution in [0, 0.1) is 0 Å². The fourth-order valence-electron chi connectivity index (χ4n) is 2.40. The zero-order chi connectivity index (χ0) is 19.0. The molecule has 2 rings (SSSR count). The number of thioether (sulfide) groups is 1. The van der Waals surface area contributed by atoms with E-state index in [-0.39, 0.29) is 10.8 Å². The number of hydrogen-bond donors (Lipinski definition) is 1. The summed E-state index contributed by atoms with van der Waals surface area (Å²) in [6, 6.07) is 10.2. The number of rotatable bonds is 10. The van der Waals surface area contributed by atoms with E-state index in [1.54, 1.807) is 49.1 Å². The topological polar surface area (TPSA) is 66.5 Å². The minimum absolute atomic E-state index is 0.187. The predicted molar refractivity (Wildman–Crippen MR) is 109 cm³/mol. The van der Waals surface area contributed by atoms with E-state index in [2.05, 4.69) is 16.8 Å². The summed E-state index contributed by atoms with van der Waals surface area (Å²) in [6.45, 7) is 5.03. The number of hydrogen-bond acceptors (Lipinski definition) is 5. The maximum Gasteiger partial charge on any atom is 0.251 e. The Balaban J connectivity index is 1.84. The van der Waals surface area contributed by atoms with Crippen molar-refractivity contribution in [2.24, 2.45) is 0 Å². The molecule has 0 spiro atoms. The lowest BCUT2D eigenvalue weighted by molar-refractivity contribution is 0.0956. The summed E-state index contributed by atoms with van der Waals surface area (Å²) in [5.41, 5.74) is 0.465. The highest BCUT2D eigenvalue weighted by Crippen LogP contribution is 2.17. The number of thiophene rings is 1. The zero-order valence-corrected chi connectivity index (χ0v) is 17.4. The summed E-state index contributed by atoms with van der Waals surface area (Å²) in [5.74, 6) is 1.59. The summed E-state index contributed by atoms with van der Waals surface area (Å²) >= 11 is 3.50. The van der Waals surface area contributed by atoms with Gasteiger partial charge in [0.05, 0.1) is 4.90 Å². The molecule has 142 valence electrons. The van der Waals surface area contributed by atoms with Crippen molar-refractivity contribution in [1.29, 1.82) is 0 Å². The number of amides is 1. The minimum atomic E-state index is -3.49. The van der Waals surface area contributed by atoms with Crippen LogP contribution in [0.4, 0.5) is 0 Å². The molecular formula is C18H24N2O3S3. The first-order valence-electron chi connectivity index (χ1n) is 8.47. The summed E-state index contributed by atoms with van der Waals surface area (Å²) in [6.07, 6.45) is 0. The first kappa shape index (κ1) is 21.0. The van der Waals surface area contributed by atoms with Gasteiger partial charge in [-0.1, -0.05) is 19.9 Å². The van der Waals surface area contributed by atoms with Crippen LogP contribution in [0.25, 0.3) is 0 Å². The molecule has 1 aromatic heterocycles. The van der Waals surface area contributed by atoms with Gasteiger partial charge in [0.2, 0.25) is 10.0 Å². The van der Waals surface area contributed by atoms with E-state index in [4.69, 9.17) is 0 Å². The van der Waals surface area contributed by atoms with Crippen LogP contribution in [0.2, 0.25) is 0 Å². The van der Waals surface area contributed by atoms with Crippen LogP contribution in [-0.2, 0) is 15.8 Å². The number of carbonyl (C=O) groups is 1. The molecule has 1 amide bonds. The first-order valence-corrected chi connectivity index (χ1v) is 11.9. The molecule has 0 aliphatic heterocycles. The molecule has 1 heterocycles. The molecule has 8 heteroatoms. The Bertz CT molecular complexity index is 784. The molecular weight excluding hydrogens is 388 g/mol. The SMILES string of the molecule is CCN(CC)S(=O)(=O)c1ccc(C(=O)NCCSCc2cccs2)cc1. The van der Waals surface area contributed by atoms with Crippen molar-refractivity contribution in [1.82, 2.24) is 9.62 Å². The van der Waals surface area contributed by atoms with Gasteiger partial charge >= 0.3 is 0 Å². The molecule has 0 atom stereocenters. The molecule has 0 unspecified atom stereocenters. The second-order valence-electron chi connectivity index (χ2n) is 5.50. The van der Waals surface area contributed by atoms with Gasteiger partial charge in [0.25, 0.3) is 5.91 Å². The Morgan fingerprint density at radius 3 is 2.42 bits per heavy atom. The van der Waals surface area contributed by atoms with Crippen LogP contribution < -0.4 is 5.32 Å². The molecule has 26 heavy (non-hydrogen) atoms. The van der Waals surface area contributed by atoms with Crippen molar-refractivity contribution >= 4 is 39.0 Å². The largest absolute Gasteiger partial charge is 0.351 e. The van der Waals surface area contributed by atoms with Crippen molar-refractivity contribution in [3.8, 4) is 0 Å². The van der Waals surface area contributed by atoms with Crippen molar-refractivity contribution in [3.63, 3.8) is 0 Å². The summed E-state index contributed by atoms with van der Waals surface area (Å²) in [4.78, 5) is 13.7. The van der Waals surface area contributed by atoms with E-state index in [1.807, 2.05) is 6.07 Å². The van der Waals surface area contributed by atoms with Crippen molar-refractivity contribution < 1.29 is 13.2 Å². The average molecular weight is 413 g/mol. The Morgan fingerprint density at radius 1 is 1.15 bits per heavy atom. The van der Waals surface area contributed by atoms with Crippen molar-refractivity contribution in [2.45, 2.75) is 24.5 Å². The summed E-state index contributed by atoms with van der Waals surface area (Å²) in [5, 5.41) is 4.92. The van der Waals surface area contributed by atoms with E-state index in [0.717, 1.165) is 11.5 Å². The van der Waals surface area contributed by atoms with E-state index < -0.39 is 10.0 Å². The van der Waals surface area contributed by atoms with Crippen LogP contribution in [0.1, 0.15) is 29.1 Å². The third-order valence-electron chi connectivity index (χ3n) is 3.82. The Morgan fingerprint density at radius 2 is 1.85 bits per heavy atom. The molecule has 2 aromatic rings. The maximum absolute atomic E-state index is 12.4. The van der Waals surface area contributed by atoms with Crippen LogP contribution in [0.15, 0.2) is 46.7 Å². The highest BCUT2D eigenvalue weighted by Gasteiger charge is 2.21. The predicted octanol–water partition coefficient (Wildman–Crippen LogP) is 3.44. The van der Waals surface area contributed by atoms with Crippen molar-refractivity contribution in [2.75, 3.05) is 25.4 Å². The lowest BCUT2D eigenvalue weighted by Gasteiger charge is -2.18. The smallest absolute Gasteiger partial charge is 0.251 e. The number of carbonyl (C=O) groups excluding carboxylic acids is 1. The van der Waals surface area contributed by atoms with Gasteiger partial charge in [-0.15, -0.1) is 11.3 Å². The van der Waals surface area contributed by atoms with Gasteiger partial charge in [0.15, 0.2) is 0 Å². The Kier molecular flexibility index (Phi) is 8.15. The quantitative estimate of drug-likeness (QED) is 0.607. The second kappa shape index (κ2) is 10.1. The van der Waals surface area contributed by atoms with Gasteiger partial charge in [-0.3, -0.25) is 4.79 Å². The second-order valence-corrected chi connectivity index (χ2v) is 9.58. The van der Waals surface area contributed by atoms with Gasteiger partial charge in [0, 0.05) is 41.6 Å². The third-order valence-corrected chi connectivity index (χ3v) is 7.95. The van der Waals surface area contributed by atoms with Crippen LogP contribution in [0.5, 0.6) is 0 Å². The van der Waals surface area contributed by atoms with E-state index >= 15 is 0 Å². The monoisotopic (exact) mass is 412 g/mol. The molecule has 0 saturated heterocycles. The average Bonchev–Trinajstić information content (AvgIpc) is 3.15. The molecule has 0 fully saturated rings. The van der Waals surface area contributed by atoms with Crippen molar-refractivity contribution in [3.05, 3.63) is 52.2 Å². The molecule has 0 bridgehead atoms. The third kappa shape index (κ3) is 5.57. The molecule has 0 saturated carbocycles. The standard InChI is InChI=1S/C18H24N2O3S3/c1-3-20(4-2)26(22,23)17-9-7-15(8-10-17)18(21)19-11-13-24-14-16-6-5-12-25-16/h5-10,12H,3-4,11,13-14H2,1-2H3,(H,19,21). The lowest BCUT2D eigenvalue weighted by Crippen LogP contribution is -2.30. The Hall–Kier alpha value is -1.35. The fraction of sp³-hybridized carbons (Fsp3) is 0.389. The number of sulfonamides is 1. The molecule has 0 aliphatic carbocycles. The number of benzene rings is 1. The van der Waals surface area contributed by atoms with Gasteiger partial charge in [-0.05, 0) is 35.7 Å². The molecule has 1 aromatic carbocycles.